The molecule has 2 heterocycles. The van der Waals surface area contributed by atoms with Crippen LogP contribution in [-0.4, -0.2) is 23.0 Å². The van der Waals surface area contributed by atoms with Gasteiger partial charge in [-0.3, -0.25) is 4.72 Å². The Morgan fingerprint density at radius 1 is 1.47 bits per heavy atom. The van der Waals surface area contributed by atoms with Crippen LogP contribution in [0.25, 0.3) is 0 Å². The molecule has 0 saturated heterocycles. The number of aromatic nitrogens is 3. The number of halogens is 1. The zero-order chi connectivity index (χ0) is 12.6. The molecule has 0 fully saturated rings. The number of imidazole rings is 1. The van der Waals surface area contributed by atoms with Crippen molar-refractivity contribution in [1.82, 2.24) is 14.5 Å². The minimum atomic E-state index is -3.78. The van der Waals surface area contributed by atoms with Crippen molar-refractivity contribution in [2.24, 2.45) is 7.05 Å². The van der Waals surface area contributed by atoms with Crippen LogP contribution in [0.2, 0.25) is 5.15 Å². The molecule has 0 aliphatic carbocycles. The SMILES string of the molecule is Cc1cnc(NS(=O)(=O)c2ncn(C)c2Cl)s1. The fourth-order valence-corrected chi connectivity index (χ4v) is 3.48. The van der Waals surface area contributed by atoms with Gasteiger partial charge in [0.1, 0.15) is 5.15 Å². The first kappa shape index (κ1) is 12.3. The molecule has 6 nitrogen and oxygen atoms in total. The van der Waals surface area contributed by atoms with E-state index in [1.807, 2.05) is 6.92 Å². The summed E-state index contributed by atoms with van der Waals surface area (Å²) in [6.45, 7) is 1.84. The molecule has 9 heteroatoms. The van der Waals surface area contributed by atoms with Gasteiger partial charge in [-0.25, -0.2) is 9.97 Å². The normalized spacial score (nSPS) is 11.7. The topological polar surface area (TPSA) is 76.9 Å². The molecule has 0 spiro atoms. The second-order valence-corrected chi connectivity index (χ2v) is 6.52. The highest BCUT2D eigenvalue weighted by Gasteiger charge is 2.23. The van der Waals surface area contributed by atoms with E-state index in [1.165, 1.54) is 22.2 Å². The monoisotopic (exact) mass is 292 g/mol. The Bertz CT molecular complexity index is 646. The van der Waals surface area contributed by atoms with Crippen molar-refractivity contribution < 1.29 is 8.42 Å². The smallest absolute Gasteiger partial charge is 0.284 e. The van der Waals surface area contributed by atoms with Gasteiger partial charge in [0.05, 0.1) is 6.33 Å². The van der Waals surface area contributed by atoms with Crippen LogP contribution in [0.15, 0.2) is 17.6 Å². The third-order valence-corrected chi connectivity index (χ3v) is 4.72. The molecule has 0 unspecified atom stereocenters. The molecule has 17 heavy (non-hydrogen) atoms. The van der Waals surface area contributed by atoms with Crippen molar-refractivity contribution >= 4 is 38.1 Å². The van der Waals surface area contributed by atoms with E-state index in [0.29, 0.717) is 5.13 Å². The minimum Gasteiger partial charge on any atom is -0.324 e. The molecule has 1 N–H and O–H groups in total. The highest BCUT2D eigenvalue weighted by atomic mass is 35.5. The van der Waals surface area contributed by atoms with Crippen molar-refractivity contribution in [2.75, 3.05) is 4.72 Å². The van der Waals surface area contributed by atoms with Crippen molar-refractivity contribution in [1.29, 1.82) is 0 Å². The molecular weight excluding hydrogens is 284 g/mol. The summed E-state index contributed by atoms with van der Waals surface area (Å²) in [5.41, 5.74) is 0. The lowest BCUT2D eigenvalue weighted by Gasteiger charge is -2.02. The second kappa shape index (κ2) is 4.28. The van der Waals surface area contributed by atoms with Crippen LogP contribution in [0.4, 0.5) is 5.13 Å². The molecule has 92 valence electrons. The predicted molar refractivity (Wildman–Crippen MR) is 65.9 cm³/mol. The third-order valence-electron chi connectivity index (χ3n) is 1.93. The Balaban J connectivity index is 2.34. The van der Waals surface area contributed by atoms with Crippen molar-refractivity contribution in [3.05, 3.63) is 22.6 Å². The van der Waals surface area contributed by atoms with E-state index in [1.54, 1.807) is 13.2 Å². The van der Waals surface area contributed by atoms with Crippen LogP contribution in [0.1, 0.15) is 4.88 Å². The molecule has 0 radical (unpaired) electrons. The number of aryl methyl sites for hydroxylation is 2. The van der Waals surface area contributed by atoms with Crippen molar-refractivity contribution in [3.63, 3.8) is 0 Å². The first-order chi connectivity index (χ1) is 7.90. The molecule has 0 aliphatic heterocycles. The average molecular weight is 293 g/mol. The number of hydrogen-bond acceptors (Lipinski definition) is 5. The Morgan fingerprint density at radius 3 is 2.65 bits per heavy atom. The summed E-state index contributed by atoms with van der Waals surface area (Å²) >= 11 is 7.07. The van der Waals surface area contributed by atoms with Gasteiger partial charge in [0.15, 0.2) is 5.13 Å². The van der Waals surface area contributed by atoms with Crippen molar-refractivity contribution in [3.8, 4) is 0 Å². The fourth-order valence-electron chi connectivity index (χ4n) is 1.14. The van der Waals surface area contributed by atoms with Gasteiger partial charge in [-0.1, -0.05) is 11.6 Å². The molecule has 2 aromatic rings. The van der Waals surface area contributed by atoms with Gasteiger partial charge in [-0.05, 0) is 6.92 Å². The molecule has 2 rings (SSSR count). The Labute approximate surface area is 107 Å². The number of nitrogens with one attached hydrogen (secondary N) is 1. The fraction of sp³-hybridized carbons (Fsp3) is 0.250. The zero-order valence-electron chi connectivity index (χ0n) is 9.01. The van der Waals surface area contributed by atoms with E-state index >= 15 is 0 Å². The standard InChI is InChI=1S/C8H9ClN4O2S2/c1-5-3-10-8(16-5)12-17(14,15)7-6(9)13(2)4-11-7/h3-4H,1-2H3,(H,10,12). The summed E-state index contributed by atoms with van der Waals surface area (Å²) in [7, 11) is -2.16. The molecular formula is C8H9ClN4O2S2. The predicted octanol–water partition coefficient (Wildman–Crippen LogP) is 1.64. The van der Waals surface area contributed by atoms with E-state index in [0.717, 1.165) is 4.88 Å². The summed E-state index contributed by atoms with van der Waals surface area (Å²) in [6.07, 6.45) is 2.92. The third kappa shape index (κ3) is 2.43. The van der Waals surface area contributed by atoms with Crippen LogP contribution in [-0.2, 0) is 17.1 Å². The number of hydrogen-bond donors (Lipinski definition) is 1. The van der Waals surface area contributed by atoms with Gasteiger partial charge in [0, 0.05) is 18.1 Å². The maximum Gasteiger partial charge on any atom is 0.284 e. The quantitative estimate of drug-likeness (QED) is 0.933. The van der Waals surface area contributed by atoms with E-state index in [2.05, 4.69) is 14.7 Å². The molecule has 0 atom stereocenters. The highest BCUT2D eigenvalue weighted by molar-refractivity contribution is 7.93. The maximum atomic E-state index is 11.9. The molecule has 0 aliphatic rings. The number of rotatable bonds is 3. The highest BCUT2D eigenvalue weighted by Crippen LogP contribution is 2.24. The molecule has 2 aromatic heterocycles. The molecule has 0 aromatic carbocycles. The Kier molecular flexibility index (Phi) is 3.11. The number of nitrogens with zero attached hydrogens (tertiary/aromatic N) is 3. The van der Waals surface area contributed by atoms with E-state index in [-0.39, 0.29) is 10.2 Å². The zero-order valence-corrected chi connectivity index (χ0v) is 11.4. The van der Waals surface area contributed by atoms with Gasteiger partial charge >= 0.3 is 0 Å². The van der Waals surface area contributed by atoms with Crippen LogP contribution < -0.4 is 4.72 Å². The van der Waals surface area contributed by atoms with Gasteiger partial charge in [-0.2, -0.15) is 8.42 Å². The Hall–Kier alpha value is -1.12. The van der Waals surface area contributed by atoms with Gasteiger partial charge in [0.2, 0.25) is 5.03 Å². The summed E-state index contributed by atoms with van der Waals surface area (Å²) < 4.78 is 27.6. The lowest BCUT2D eigenvalue weighted by atomic mass is 10.7. The van der Waals surface area contributed by atoms with Gasteiger partial charge in [-0.15, -0.1) is 11.3 Å². The van der Waals surface area contributed by atoms with Crippen LogP contribution in [0.3, 0.4) is 0 Å². The number of thiazole rings is 1. The van der Waals surface area contributed by atoms with E-state index in [9.17, 15) is 8.42 Å². The van der Waals surface area contributed by atoms with Crippen LogP contribution in [0, 0.1) is 6.92 Å². The lowest BCUT2D eigenvalue weighted by Crippen LogP contribution is -2.13. The number of anilines is 1. The first-order valence-corrected chi connectivity index (χ1v) is 7.20. The minimum absolute atomic E-state index is 0.0609. The van der Waals surface area contributed by atoms with Gasteiger partial charge in [0.25, 0.3) is 10.0 Å². The molecule has 0 bridgehead atoms. The maximum absolute atomic E-state index is 11.9. The largest absolute Gasteiger partial charge is 0.324 e. The van der Waals surface area contributed by atoms with E-state index < -0.39 is 10.0 Å². The second-order valence-electron chi connectivity index (χ2n) is 3.33. The van der Waals surface area contributed by atoms with Crippen molar-refractivity contribution in [2.45, 2.75) is 11.9 Å². The summed E-state index contributed by atoms with van der Waals surface area (Å²) in [6, 6.07) is 0. The number of sulfonamides is 1. The summed E-state index contributed by atoms with van der Waals surface area (Å²) in [5, 5.41) is 0.157. The van der Waals surface area contributed by atoms with Crippen LogP contribution >= 0.6 is 22.9 Å². The van der Waals surface area contributed by atoms with Crippen LogP contribution in [0.5, 0.6) is 0 Å². The first-order valence-electron chi connectivity index (χ1n) is 4.52. The summed E-state index contributed by atoms with van der Waals surface area (Å²) in [5.74, 6) is 0. The lowest BCUT2D eigenvalue weighted by molar-refractivity contribution is 0.598. The summed E-state index contributed by atoms with van der Waals surface area (Å²) in [4.78, 5) is 8.57. The average Bonchev–Trinajstić information content (AvgIpc) is 2.75. The molecule has 0 saturated carbocycles. The molecule has 0 amide bonds. The Morgan fingerprint density at radius 2 is 2.18 bits per heavy atom. The van der Waals surface area contributed by atoms with Gasteiger partial charge < -0.3 is 4.57 Å². The van der Waals surface area contributed by atoms with E-state index in [4.69, 9.17) is 11.6 Å².